The van der Waals surface area contributed by atoms with Gasteiger partial charge in [0, 0.05) is 26.1 Å². The summed E-state index contributed by atoms with van der Waals surface area (Å²) >= 11 is 0. The van der Waals surface area contributed by atoms with Gasteiger partial charge < -0.3 is 19.6 Å². The number of hydrogen-bond donors (Lipinski definition) is 1. The summed E-state index contributed by atoms with van der Waals surface area (Å²) in [4.78, 5) is 39.9. The Bertz CT molecular complexity index is 987. The highest BCUT2D eigenvalue weighted by molar-refractivity contribution is 6.00. The van der Waals surface area contributed by atoms with E-state index in [1.54, 1.807) is 28.9 Å². The molecule has 2 aliphatic rings. The van der Waals surface area contributed by atoms with Gasteiger partial charge in [0.2, 0.25) is 5.91 Å². The van der Waals surface area contributed by atoms with Gasteiger partial charge in [0.25, 0.3) is 5.91 Å². The van der Waals surface area contributed by atoms with Gasteiger partial charge in [-0.25, -0.2) is 4.79 Å². The van der Waals surface area contributed by atoms with Crippen LogP contribution in [0, 0.1) is 0 Å². The Balaban J connectivity index is 1.45. The molecule has 1 N–H and O–H groups in total. The maximum Gasteiger partial charge on any atom is 0.335 e. The highest BCUT2D eigenvalue weighted by Gasteiger charge is 2.32. The Kier molecular flexibility index (Phi) is 4.96. The molecular weight excluding hydrogens is 372 g/mol. The highest BCUT2D eigenvalue weighted by atomic mass is 16.5. The van der Waals surface area contributed by atoms with Crippen LogP contribution in [0.25, 0.3) is 0 Å². The smallest absolute Gasteiger partial charge is 0.335 e. The van der Waals surface area contributed by atoms with Crippen molar-refractivity contribution in [1.82, 2.24) is 4.90 Å². The first-order chi connectivity index (χ1) is 13.9. The first kappa shape index (κ1) is 19.0. The molecule has 0 saturated heterocycles. The van der Waals surface area contributed by atoms with E-state index in [0.29, 0.717) is 30.9 Å². The van der Waals surface area contributed by atoms with Gasteiger partial charge in [-0.15, -0.1) is 0 Å². The summed E-state index contributed by atoms with van der Waals surface area (Å²) in [5.74, 6) is -0.553. The lowest BCUT2D eigenvalue weighted by Crippen LogP contribution is -2.46. The summed E-state index contributed by atoms with van der Waals surface area (Å²) in [6.07, 6.45) is 0.300. The fraction of sp³-hybridized carbons (Fsp3) is 0.318. The molecule has 2 aromatic rings. The van der Waals surface area contributed by atoms with Crippen LogP contribution in [0.4, 0.5) is 5.69 Å². The number of hydrogen-bond acceptors (Lipinski definition) is 4. The van der Waals surface area contributed by atoms with Gasteiger partial charge in [-0.05, 0) is 48.7 Å². The van der Waals surface area contributed by atoms with Gasteiger partial charge >= 0.3 is 5.97 Å². The average Bonchev–Trinajstić information content (AvgIpc) is 2.73. The molecule has 1 atom stereocenters. The zero-order valence-corrected chi connectivity index (χ0v) is 16.1. The van der Waals surface area contributed by atoms with Crippen molar-refractivity contribution in [3.63, 3.8) is 0 Å². The van der Waals surface area contributed by atoms with Crippen molar-refractivity contribution >= 4 is 23.5 Å². The third-order valence-electron chi connectivity index (χ3n) is 5.44. The van der Waals surface area contributed by atoms with Crippen LogP contribution < -0.4 is 9.64 Å². The molecule has 29 heavy (non-hydrogen) atoms. The number of aromatic carboxylic acids is 1. The largest absolute Gasteiger partial charge is 0.479 e. The summed E-state index contributed by atoms with van der Waals surface area (Å²) < 4.78 is 5.63. The fourth-order valence-electron chi connectivity index (χ4n) is 3.86. The van der Waals surface area contributed by atoms with E-state index >= 15 is 0 Å². The molecule has 0 bridgehead atoms. The lowest BCUT2D eigenvalue weighted by atomic mass is 9.97. The summed E-state index contributed by atoms with van der Waals surface area (Å²) in [6.45, 7) is 2.96. The van der Waals surface area contributed by atoms with E-state index < -0.39 is 12.1 Å². The van der Waals surface area contributed by atoms with Gasteiger partial charge in [-0.1, -0.05) is 18.2 Å². The third-order valence-corrected chi connectivity index (χ3v) is 5.44. The summed E-state index contributed by atoms with van der Waals surface area (Å²) in [5.41, 5.74) is 2.84. The monoisotopic (exact) mass is 394 g/mol. The second kappa shape index (κ2) is 7.58. The first-order valence-corrected chi connectivity index (χ1v) is 9.64. The van der Waals surface area contributed by atoms with Crippen molar-refractivity contribution in [2.75, 3.05) is 18.0 Å². The quantitative estimate of drug-likeness (QED) is 0.861. The Morgan fingerprint density at radius 2 is 1.97 bits per heavy atom. The Morgan fingerprint density at radius 1 is 1.17 bits per heavy atom. The maximum absolute atomic E-state index is 12.8. The number of benzene rings is 2. The number of carboxylic acid groups (broad SMARTS) is 1. The third kappa shape index (κ3) is 3.68. The minimum atomic E-state index is -0.977. The van der Waals surface area contributed by atoms with Crippen LogP contribution in [0.15, 0.2) is 42.5 Å². The van der Waals surface area contributed by atoms with Crippen molar-refractivity contribution in [3.05, 3.63) is 59.2 Å². The van der Waals surface area contributed by atoms with E-state index in [9.17, 15) is 19.5 Å². The predicted molar refractivity (Wildman–Crippen MR) is 106 cm³/mol. The summed E-state index contributed by atoms with van der Waals surface area (Å²) in [5, 5.41) is 9.19. The second-order valence-electron chi connectivity index (χ2n) is 7.32. The minimum absolute atomic E-state index is 0.0548. The number of carboxylic acids is 1. The molecule has 0 fully saturated rings. The van der Waals surface area contributed by atoms with Crippen LogP contribution >= 0.6 is 0 Å². The molecule has 0 radical (unpaired) electrons. The van der Waals surface area contributed by atoms with Crippen LogP contribution in [-0.2, 0) is 22.6 Å². The molecule has 2 heterocycles. The zero-order chi connectivity index (χ0) is 20.5. The second-order valence-corrected chi connectivity index (χ2v) is 7.32. The standard InChI is InChI=1S/C22H22N2O5/c1-14-21(26)24(18-4-2-3-5-19(18)29-14)11-9-20(25)23-10-8-15-6-7-16(22(27)28)12-17(15)13-23/h2-7,12,14H,8-11,13H2,1H3,(H,27,28). The number of carbonyl (C=O) groups excluding carboxylic acids is 2. The van der Waals surface area contributed by atoms with E-state index in [4.69, 9.17) is 4.74 Å². The number of ether oxygens (including phenoxy) is 1. The van der Waals surface area contributed by atoms with Gasteiger partial charge in [-0.3, -0.25) is 9.59 Å². The van der Waals surface area contributed by atoms with E-state index in [2.05, 4.69) is 0 Å². The Labute approximate surface area is 168 Å². The van der Waals surface area contributed by atoms with Crippen molar-refractivity contribution < 1.29 is 24.2 Å². The lowest BCUT2D eigenvalue weighted by Gasteiger charge is -2.34. The van der Waals surface area contributed by atoms with Crippen molar-refractivity contribution in [2.24, 2.45) is 0 Å². The number of fused-ring (bicyclic) bond motifs is 2. The molecule has 2 amide bonds. The SMILES string of the molecule is CC1Oc2ccccc2N(CCC(=O)N2CCc3ccc(C(=O)O)cc3C2)C1=O. The number of rotatable bonds is 4. The van der Waals surface area contributed by atoms with E-state index in [0.717, 1.165) is 11.1 Å². The molecule has 4 rings (SSSR count). The first-order valence-electron chi connectivity index (χ1n) is 9.64. The van der Waals surface area contributed by atoms with Gasteiger partial charge in [0.15, 0.2) is 6.10 Å². The average molecular weight is 394 g/mol. The lowest BCUT2D eigenvalue weighted by molar-refractivity contribution is -0.132. The minimum Gasteiger partial charge on any atom is -0.479 e. The van der Waals surface area contributed by atoms with Crippen molar-refractivity contribution in [2.45, 2.75) is 32.4 Å². The molecule has 0 saturated carbocycles. The van der Waals surface area contributed by atoms with Gasteiger partial charge in [0.05, 0.1) is 11.3 Å². The number of carbonyl (C=O) groups is 3. The van der Waals surface area contributed by atoms with Crippen molar-refractivity contribution in [3.8, 4) is 5.75 Å². The molecule has 0 aliphatic carbocycles. The number of para-hydroxylation sites is 2. The molecule has 1 unspecified atom stereocenters. The molecule has 2 aliphatic heterocycles. The molecule has 7 heteroatoms. The molecule has 0 aromatic heterocycles. The highest BCUT2D eigenvalue weighted by Crippen LogP contribution is 2.33. The van der Waals surface area contributed by atoms with Crippen LogP contribution in [0.5, 0.6) is 5.75 Å². The molecular formula is C22H22N2O5. The normalized spacial score (nSPS) is 18.0. The summed E-state index contributed by atoms with van der Waals surface area (Å²) in [6, 6.07) is 12.4. The fourth-order valence-corrected chi connectivity index (χ4v) is 3.86. The van der Waals surface area contributed by atoms with Crippen LogP contribution in [0.1, 0.15) is 34.8 Å². The number of amides is 2. The number of anilines is 1. The van der Waals surface area contributed by atoms with E-state index in [1.807, 2.05) is 30.3 Å². The zero-order valence-electron chi connectivity index (χ0n) is 16.1. The Hall–Kier alpha value is -3.35. The van der Waals surface area contributed by atoms with Crippen molar-refractivity contribution in [1.29, 1.82) is 0 Å². The topological polar surface area (TPSA) is 87.2 Å². The van der Waals surface area contributed by atoms with E-state index in [-0.39, 0.29) is 30.3 Å². The number of nitrogens with zero attached hydrogens (tertiary/aromatic N) is 2. The molecule has 2 aromatic carbocycles. The molecule has 150 valence electrons. The Morgan fingerprint density at radius 3 is 2.76 bits per heavy atom. The van der Waals surface area contributed by atoms with Gasteiger partial charge in [0.1, 0.15) is 5.75 Å². The van der Waals surface area contributed by atoms with E-state index in [1.165, 1.54) is 0 Å². The van der Waals surface area contributed by atoms with Crippen LogP contribution in [-0.4, -0.2) is 47.0 Å². The van der Waals surface area contributed by atoms with Crippen LogP contribution in [0.3, 0.4) is 0 Å². The maximum atomic E-state index is 12.8. The predicted octanol–water partition coefficient (Wildman–Crippen LogP) is 2.47. The van der Waals surface area contributed by atoms with Gasteiger partial charge in [-0.2, -0.15) is 0 Å². The van der Waals surface area contributed by atoms with Crippen LogP contribution in [0.2, 0.25) is 0 Å². The summed E-state index contributed by atoms with van der Waals surface area (Å²) in [7, 11) is 0. The molecule has 7 nitrogen and oxygen atoms in total. The molecule has 0 spiro atoms.